The van der Waals surface area contributed by atoms with Gasteiger partial charge in [-0.15, -0.1) is 0 Å². The second-order valence-corrected chi connectivity index (χ2v) is 7.27. The molecular formula is C24H25NO7. The van der Waals surface area contributed by atoms with Crippen LogP contribution in [0.3, 0.4) is 0 Å². The lowest BCUT2D eigenvalue weighted by Crippen LogP contribution is -2.17. The second kappa shape index (κ2) is 9.55. The van der Waals surface area contributed by atoms with Gasteiger partial charge in [0.2, 0.25) is 5.91 Å². The minimum absolute atomic E-state index is 0.0932. The van der Waals surface area contributed by atoms with Crippen molar-refractivity contribution in [2.75, 3.05) is 19.5 Å². The summed E-state index contributed by atoms with van der Waals surface area (Å²) < 4.78 is 21.1. The minimum atomic E-state index is -0.517. The molecule has 168 valence electrons. The maximum Gasteiger partial charge on any atom is 0.339 e. The van der Waals surface area contributed by atoms with E-state index in [1.165, 1.54) is 21.1 Å². The summed E-state index contributed by atoms with van der Waals surface area (Å²) in [6.45, 7) is 4.84. The number of ether oxygens (including phenoxy) is 3. The van der Waals surface area contributed by atoms with Crippen LogP contribution >= 0.6 is 0 Å². The van der Waals surface area contributed by atoms with Gasteiger partial charge >= 0.3 is 11.6 Å². The molecule has 0 radical (unpaired) electrons. The van der Waals surface area contributed by atoms with E-state index < -0.39 is 11.6 Å². The summed E-state index contributed by atoms with van der Waals surface area (Å²) >= 11 is 0. The van der Waals surface area contributed by atoms with Crippen molar-refractivity contribution >= 4 is 28.5 Å². The van der Waals surface area contributed by atoms with Crippen molar-refractivity contribution in [2.45, 2.75) is 33.6 Å². The zero-order valence-corrected chi connectivity index (χ0v) is 18.7. The Morgan fingerprint density at radius 3 is 2.31 bits per heavy atom. The van der Waals surface area contributed by atoms with E-state index in [9.17, 15) is 14.4 Å². The number of fused-ring (bicyclic) bond motifs is 1. The predicted octanol–water partition coefficient (Wildman–Crippen LogP) is 3.92. The summed E-state index contributed by atoms with van der Waals surface area (Å²) in [7, 11) is 3.05. The number of amides is 1. The Hall–Kier alpha value is -3.81. The molecule has 1 aromatic heterocycles. The molecule has 0 spiro atoms. The Kier molecular flexibility index (Phi) is 6.82. The van der Waals surface area contributed by atoms with Gasteiger partial charge in [0.15, 0.2) is 11.5 Å². The van der Waals surface area contributed by atoms with Gasteiger partial charge in [0, 0.05) is 41.6 Å². The van der Waals surface area contributed by atoms with Gasteiger partial charge < -0.3 is 23.9 Å². The molecule has 0 fully saturated rings. The maximum atomic E-state index is 12.6. The SMILES string of the molecule is COc1ccc(NC(=O)CCc2c(C)c3ccc(OC(C)=O)c(C)c3oc2=O)cc1OC. The number of anilines is 1. The summed E-state index contributed by atoms with van der Waals surface area (Å²) in [5.41, 5.74) is 2.13. The molecule has 0 atom stereocenters. The first-order chi connectivity index (χ1) is 15.2. The summed E-state index contributed by atoms with van der Waals surface area (Å²) in [5, 5.41) is 3.52. The third kappa shape index (κ3) is 4.74. The molecule has 3 rings (SSSR count). The number of carbonyl (C=O) groups excluding carboxylic acids is 2. The zero-order chi connectivity index (χ0) is 23.4. The van der Waals surface area contributed by atoms with Crippen LogP contribution in [-0.4, -0.2) is 26.1 Å². The smallest absolute Gasteiger partial charge is 0.339 e. The third-order valence-electron chi connectivity index (χ3n) is 5.18. The molecule has 0 aliphatic rings. The molecule has 3 aromatic rings. The van der Waals surface area contributed by atoms with Crippen molar-refractivity contribution in [3.63, 3.8) is 0 Å². The van der Waals surface area contributed by atoms with Gasteiger partial charge in [0.1, 0.15) is 11.3 Å². The van der Waals surface area contributed by atoms with Gasteiger partial charge in [0.05, 0.1) is 14.2 Å². The number of esters is 1. The minimum Gasteiger partial charge on any atom is -0.493 e. The number of benzene rings is 2. The molecule has 0 aliphatic heterocycles. The number of hydrogen-bond acceptors (Lipinski definition) is 7. The molecule has 1 heterocycles. The molecular weight excluding hydrogens is 414 g/mol. The third-order valence-corrected chi connectivity index (χ3v) is 5.18. The Bertz CT molecular complexity index is 1240. The van der Waals surface area contributed by atoms with Gasteiger partial charge in [-0.05, 0) is 50.1 Å². The molecule has 1 N–H and O–H groups in total. The number of hydrogen-bond donors (Lipinski definition) is 1. The normalized spacial score (nSPS) is 10.7. The summed E-state index contributed by atoms with van der Waals surface area (Å²) in [4.78, 5) is 36.4. The quantitative estimate of drug-likeness (QED) is 0.338. The number of aryl methyl sites for hydroxylation is 2. The van der Waals surface area contributed by atoms with Crippen LogP contribution in [0.25, 0.3) is 11.0 Å². The van der Waals surface area contributed by atoms with E-state index in [0.717, 1.165) is 10.9 Å². The number of carbonyl (C=O) groups is 2. The highest BCUT2D eigenvalue weighted by atomic mass is 16.5. The second-order valence-electron chi connectivity index (χ2n) is 7.27. The molecule has 0 bridgehead atoms. The van der Waals surface area contributed by atoms with Crippen molar-refractivity contribution in [2.24, 2.45) is 0 Å². The summed E-state index contributed by atoms with van der Waals surface area (Å²) in [6, 6.07) is 8.48. The van der Waals surface area contributed by atoms with Crippen LogP contribution in [0.2, 0.25) is 0 Å². The average Bonchev–Trinajstić information content (AvgIpc) is 2.75. The van der Waals surface area contributed by atoms with E-state index >= 15 is 0 Å². The number of methoxy groups -OCH3 is 2. The molecule has 1 amide bonds. The standard InChI is InChI=1S/C24H25NO7/c1-13-17-7-10-19(31-15(3)26)14(2)23(17)32-24(28)18(13)8-11-22(27)25-16-6-9-20(29-4)21(12-16)30-5/h6-7,9-10,12H,8,11H2,1-5H3,(H,25,27). The van der Waals surface area contributed by atoms with Crippen LogP contribution in [0.1, 0.15) is 30.0 Å². The van der Waals surface area contributed by atoms with Crippen LogP contribution in [0.5, 0.6) is 17.2 Å². The van der Waals surface area contributed by atoms with E-state index in [1.807, 2.05) is 6.92 Å². The highest BCUT2D eigenvalue weighted by Gasteiger charge is 2.17. The van der Waals surface area contributed by atoms with Gasteiger partial charge in [-0.1, -0.05) is 0 Å². The molecule has 8 heteroatoms. The fourth-order valence-corrected chi connectivity index (χ4v) is 3.50. The van der Waals surface area contributed by atoms with Crippen LogP contribution in [-0.2, 0) is 16.0 Å². The van der Waals surface area contributed by atoms with E-state index in [-0.39, 0.29) is 18.7 Å². The molecule has 8 nitrogen and oxygen atoms in total. The van der Waals surface area contributed by atoms with Gasteiger partial charge in [0.25, 0.3) is 0 Å². The fourth-order valence-electron chi connectivity index (χ4n) is 3.50. The highest BCUT2D eigenvalue weighted by Crippen LogP contribution is 2.31. The first kappa shape index (κ1) is 22.9. The van der Waals surface area contributed by atoms with Crippen LogP contribution in [0.4, 0.5) is 5.69 Å². The monoisotopic (exact) mass is 439 g/mol. The van der Waals surface area contributed by atoms with Crippen LogP contribution < -0.4 is 25.2 Å². The Morgan fingerprint density at radius 2 is 1.66 bits per heavy atom. The van der Waals surface area contributed by atoms with E-state index in [2.05, 4.69) is 5.32 Å². The van der Waals surface area contributed by atoms with Gasteiger partial charge in [-0.25, -0.2) is 4.79 Å². The highest BCUT2D eigenvalue weighted by molar-refractivity contribution is 5.91. The molecule has 0 aliphatic carbocycles. The lowest BCUT2D eigenvalue weighted by Gasteiger charge is -2.12. The van der Waals surface area contributed by atoms with Crippen molar-refractivity contribution in [1.29, 1.82) is 0 Å². The van der Waals surface area contributed by atoms with E-state index in [4.69, 9.17) is 18.6 Å². The summed E-state index contributed by atoms with van der Waals surface area (Å²) in [6.07, 6.45) is 0.309. The maximum absolute atomic E-state index is 12.6. The summed E-state index contributed by atoms with van der Waals surface area (Å²) in [5.74, 6) is 0.692. The fraction of sp³-hybridized carbons (Fsp3) is 0.292. The molecule has 0 saturated carbocycles. The lowest BCUT2D eigenvalue weighted by molar-refractivity contribution is -0.131. The van der Waals surface area contributed by atoms with Crippen LogP contribution in [0, 0.1) is 13.8 Å². The van der Waals surface area contributed by atoms with E-state index in [1.54, 1.807) is 37.3 Å². The van der Waals surface area contributed by atoms with Crippen molar-refractivity contribution in [3.8, 4) is 17.2 Å². The topological polar surface area (TPSA) is 104 Å². The van der Waals surface area contributed by atoms with Crippen molar-refractivity contribution in [1.82, 2.24) is 0 Å². The number of nitrogens with one attached hydrogen (secondary N) is 1. The average molecular weight is 439 g/mol. The van der Waals surface area contributed by atoms with Gasteiger partial charge in [-0.2, -0.15) is 0 Å². The first-order valence-electron chi connectivity index (χ1n) is 10.0. The number of rotatable bonds is 7. The van der Waals surface area contributed by atoms with E-state index in [0.29, 0.717) is 39.6 Å². The molecule has 0 unspecified atom stereocenters. The Morgan fingerprint density at radius 1 is 0.969 bits per heavy atom. The van der Waals surface area contributed by atoms with Crippen molar-refractivity contribution in [3.05, 3.63) is 57.4 Å². The largest absolute Gasteiger partial charge is 0.493 e. The molecule has 32 heavy (non-hydrogen) atoms. The Balaban J connectivity index is 1.79. The van der Waals surface area contributed by atoms with Crippen molar-refractivity contribution < 1.29 is 28.2 Å². The Labute approximate surface area is 185 Å². The molecule has 2 aromatic carbocycles. The predicted molar refractivity (Wildman–Crippen MR) is 120 cm³/mol. The lowest BCUT2D eigenvalue weighted by atomic mass is 10.00. The van der Waals surface area contributed by atoms with Gasteiger partial charge in [-0.3, -0.25) is 9.59 Å². The first-order valence-corrected chi connectivity index (χ1v) is 10.0. The molecule has 0 saturated heterocycles. The van der Waals surface area contributed by atoms with Crippen LogP contribution in [0.15, 0.2) is 39.5 Å². The zero-order valence-electron chi connectivity index (χ0n) is 18.7.